The summed E-state index contributed by atoms with van der Waals surface area (Å²) >= 11 is 0. The average molecular weight is 425 g/mol. The van der Waals surface area contributed by atoms with E-state index in [1.54, 1.807) is 19.2 Å². The second-order valence-electron chi connectivity index (χ2n) is 7.79. The maximum absolute atomic E-state index is 13.4. The average Bonchev–Trinajstić information content (AvgIpc) is 3.37. The maximum Gasteiger partial charge on any atom is 0.273 e. The summed E-state index contributed by atoms with van der Waals surface area (Å²) < 4.78 is 5.32. The van der Waals surface area contributed by atoms with Gasteiger partial charge in [-0.1, -0.05) is 54.6 Å². The summed E-state index contributed by atoms with van der Waals surface area (Å²) in [6.07, 6.45) is 0.739. The van der Waals surface area contributed by atoms with Crippen molar-refractivity contribution in [3.8, 4) is 22.8 Å². The molecule has 0 saturated heterocycles. The van der Waals surface area contributed by atoms with Crippen LogP contribution in [-0.2, 0) is 6.42 Å². The fourth-order valence-corrected chi connectivity index (χ4v) is 4.33. The van der Waals surface area contributed by atoms with Crippen LogP contribution < -0.4 is 4.74 Å². The van der Waals surface area contributed by atoms with Crippen molar-refractivity contribution in [3.63, 3.8) is 0 Å². The van der Waals surface area contributed by atoms with Crippen LogP contribution in [0, 0.1) is 0 Å². The van der Waals surface area contributed by atoms with Gasteiger partial charge in [-0.3, -0.25) is 9.89 Å². The number of phenols is 1. The Hall–Kier alpha value is -4.06. The summed E-state index contributed by atoms with van der Waals surface area (Å²) in [4.78, 5) is 15.3. The summed E-state index contributed by atoms with van der Waals surface area (Å²) in [5, 5.41) is 17.8. The van der Waals surface area contributed by atoms with E-state index in [-0.39, 0.29) is 17.7 Å². The molecule has 1 aromatic heterocycles. The Morgan fingerprint density at radius 2 is 1.72 bits per heavy atom. The van der Waals surface area contributed by atoms with Crippen molar-refractivity contribution >= 4 is 5.91 Å². The molecule has 1 amide bonds. The lowest BCUT2D eigenvalue weighted by molar-refractivity contribution is 0.0746. The monoisotopic (exact) mass is 425 g/mol. The van der Waals surface area contributed by atoms with Gasteiger partial charge in [0, 0.05) is 17.7 Å². The normalized spacial score (nSPS) is 15.1. The molecule has 0 saturated carbocycles. The van der Waals surface area contributed by atoms with Crippen LogP contribution in [0.3, 0.4) is 0 Å². The van der Waals surface area contributed by atoms with Crippen LogP contribution in [0.2, 0.25) is 0 Å². The minimum absolute atomic E-state index is 0.0917. The molecule has 3 aromatic carbocycles. The van der Waals surface area contributed by atoms with Crippen molar-refractivity contribution in [1.29, 1.82) is 0 Å². The van der Waals surface area contributed by atoms with Gasteiger partial charge in [0.2, 0.25) is 0 Å². The third kappa shape index (κ3) is 3.39. The number of nitrogens with one attached hydrogen (secondary N) is 1. The Bertz CT molecular complexity index is 1250. The molecule has 1 aliphatic heterocycles. The molecule has 2 N–H and O–H groups in total. The van der Waals surface area contributed by atoms with E-state index in [1.165, 1.54) is 5.56 Å². The van der Waals surface area contributed by atoms with Crippen LogP contribution in [0.1, 0.15) is 33.2 Å². The standard InChI is InChI=1S/C26H23N3O3/c1-32-19-13-11-18(12-14-19)25-22-23(20-9-5-6-10-21(20)30)27-28-24(22)26(31)29(25)16-15-17-7-3-2-4-8-17/h2-14,25,30H,15-16H2,1H3,(H,27,28)/t25-/m1/s1. The molecule has 4 aromatic rings. The number of phenolic OH excluding ortho intramolecular Hbond substituents is 1. The predicted molar refractivity (Wildman–Crippen MR) is 122 cm³/mol. The molecular weight excluding hydrogens is 402 g/mol. The number of carbonyl (C=O) groups is 1. The summed E-state index contributed by atoms with van der Waals surface area (Å²) in [7, 11) is 1.63. The summed E-state index contributed by atoms with van der Waals surface area (Å²) in [5.41, 5.74) is 4.58. The highest BCUT2D eigenvalue weighted by atomic mass is 16.5. The van der Waals surface area contributed by atoms with Crippen molar-refractivity contribution in [2.75, 3.05) is 13.7 Å². The van der Waals surface area contributed by atoms with Crippen molar-refractivity contribution < 1.29 is 14.6 Å². The number of hydrogen-bond donors (Lipinski definition) is 2. The highest BCUT2D eigenvalue weighted by molar-refractivity contribution is 6.00. The SMILES string of the molecule is COc1ccc([C@@H]2c3c(-c4ccccc4O)n[nH]c3C(=O)N2CCc2ccccc2)cc1. The number of aromatic hydroxyl groups is 1. The first-order valence-electron chi connectivity index (χ1n) is 10.5. The van der Waals surface area contributed by atoms with E-state index in [0.29, 0.717) is 23.5 Å². The number of fused-ring (bicyclic) bond motifs is 1. The highest BCUT2D eigenvalue weighted by Crippen LogP contribution is 2.44. The van der Waals surface area contributed by atoms with Gasteiger partial charge < -0.3 is 14.7 Å². The zero-order chi connectivity index (χ0) is 22.1. The number of ether oxygens (including phenoxy) is 1. The number of amides is 1. The van der Waals surface area contributed by atoms with E-state index < -0.39 is 0 Å². The topological polar surface area (TPSA) is 78.5 Å². The largest absolute Gasteiger partial charge is 0.507 e. The van der Waals surface area contributed by atoms with Crippen LogP contribution in [-0.4, -0.2) is 39.8 Å². The van der Waals surface area contributed by atoms with E-state index in [4.69, 9.17) is 4.74 Å². The third-order valence-corrected chi connectivity index (χ3v) is 5.94. The molecule has 32 heavy (non-hydrogen) atoms. The first-order chi connectivity index (χ1) is 15.7. The first-order valence-corrected chi connectivity index (χ1v) is 10.5. The van der Waals surface area contributed by atoms with E-state index in [2.05, 4.69) is 22.3 Å². The number of rotatable bonds is 6. The van der Waals surface area contributed by atoms with Crippen molar-refractivity contribution in [2.45, 2.75) is 12.5 Å². The number of para-hydroxylation sites is 1. The number of benzene rings is 3. The Balaban J connectivity index is 1.59. The van der Waals surface area contributed by atoms with Crippen LogP contribution in [0.25, 0.3) is 11.3 Å². The van der Waals surface area contributed by atoms with Gasteiger partial charge >= 0.3 is 0 Å². The number of hydrogen-bond acceptors (Lipinski definition) is 4. The molecule has 0 unspecified atom stereocenters. The van der Waals surface area contributed by atoms with Crippen molar-refractivity contribution in [3.05, 3.63) is 101 Å². The van der Waals surface area contributed by atoms with Gasteiger partial charge in [-0.2, -0.15) is 5.10 Å². The predicted octanol–water partition coefficient (Wildman–Crippen LogP) is 4.58. The quantitative estimate of drug-likeness (QED) is 0.474. The molecule has 0 fully saturated rings. The summed E-state index contributed by atoms with van der Waals surface area (Å²) in [5.74, 6) is 0.790. The molecule has 2 heterocycles. The molecular formula is C26H23N3O3. The highest BCUT2D eigenvalue weighted by Gasteiger charge is 2.42. The number of nitrogens with zero attached hydrogens (tertiary/aromatic N) is 2. The van der Waals surface area contributed by atoms with Crippen LogP contribution in [0.4, 0.5) is 0 Å². The fourth-order valence-electron chi connectivity index (χ4n) is 4.33. The minimum Gasteiger partial charge on any atom is -0.507 e. The number of H-pyrrole nitrogens is 1. The lowest BCUT2D eigenvalue weighted by atomic mass is 9.95. The van der Waals surface area contributed by atoms with E-state index in [1.807, 2.05) is 59.5 Å². The Morgan fingerprint density at radius 3 is 2.44 bits per heavy atom. The Labute approximate surface area is 186 Å². The van der Waals surface area contributed by atoms with E-state index in [0.717, 1.165) is 23.3 Å². The molecule has 0 aliphatic carbocycles. The lowest BCUT2D eigenvalue weighted by Gasteiger charge is -2.26. The van der Waals surface area contributed by atoms with Gasteiger partial charge in [0.25, 0.3) is 5.91 Å². The molecule has 0 radical (unpaired) electrons. The molecule has 1 atom stereocenters. The molecule has 0 bridgehead atoms. The smallest absolute Gasteiger partial charge is 0.273 e. The van der Waals surface area contributed by atoms with Gasteiger partial charge in [0.1, 0.15) is 22.9 Å². The second kappa shape index (κ2) is 8.23. The minimum atomic E-state index is -0.319. The van der Waals surface area contributed by atoms with Crippen LogP contribution in [0.15, 0.2) is 78.9 Å². The first kappa shape index (κ1) is 19.9. The number of aromatic nitrogens is 2. The number of methoxy groups -OCH3 is 1. The van der Waals surface area contributed by atoms with E-state index >= 15 is 0 Å². The lowest BCUT2D eigenvalue weighted by Crippen LogP contribution is -2.31. The fraction of sp³-hybridized carbons (Fsp3) is 0.154. The van der Waals surface area contributed by atoms with Gasteiger partial charge in [-0.15, -0.1) is 0 Å². The van der Waals surface area contributed by atoms with Crippen LogP contribution >= 0.6 is 0 Å². The van der Waals surface area contributed by atoms with Gasteiger partial charge in [-0.05, 0) is 41.8 Å². The Morgan fingerprint density at radius 1 is 1.00 bits per heavy atom. The summed E-state index contributed by atoms with van der Waals surface area (Å²) in [6, 6.07) is 24.6. The van der Waals surface area contributed by atoms with Crippen LogP contribution in [0.5, 0.6) is 11.5 Å². The molecule has 6 heteroatoms. The van der Waals surface area contributed by atoms with Gasteiger partial charge in [0.15, 0.2) is 0 Å². The number of carbonyl (C=O) groups excluding carboxylic acids is 1. The molecule has 1 aliphatic rings. The second-order valence-corrected chi connectivity index (χ2v) is 7.79. The van der Waals surface area contributed by atoms with Crippen molar-refractivity contribution in [1.82, 2.24) is 15.1 Å². The summed E-state index contributed by atoms with van der Waals surface area (Å²) in [6.45, 7) is 0.558. The zero-order valence-corrected chi connectivity index (χ0v) is 17.7. The Kier molecular flexibility index (Phi) is 5.11. The third-order valence-electron chi connectivity index (χ3n) is 5.94. The van der Waals surface area contributed by atoms with E-state index in [9.17, 15) is 9.90 Å². The van der Waals surface area contributed by atoms with Gasteiger partial charge in [-0.25, -0.2) is 0 Å². The molecule has 5 rings (SSSR count). The molecule has 6 nitrogen and oxygen atoms in total. The zero-order valence-electron chi connectivity index (χ0n) is 17.7. The van der Waals surface area contributed by atoms with Crippen molar-refractivity contribution in [2.24, 2.45) is 0 Å². The van der Waals surface area contributed by atoms with Gasteiger partial charge in [0.05, 0.1) is 13.2 Å². The number of aromatic amines is 1. The molecule has 0 spiro atoms. The maximum atomic E-state index is 13.4. The molecule has 160 valence electrons.